The molecule has 0 N–H and O–H groups in total. The topological polar surface area (TPSA) is 34.1 Å². The fraction of sp³-hybridized carbons (Fsp3) is 0.529. The minimum Gasteiger partial charge on any atom is -0.300 e. The molecule has 0 bridgehead atoms. The highest BCUT2D eigenvalue weighted by molar-refractivity contribution is 5.86. The molecule has 1 fully saturated rings. The molecule has 0 radical (unpaired) electrons. The molecule has 1 saturated carbocycles. The van der Waals surface area contributed by atoms with Crippen LogP contribution in [0.4, 0.5) is 0 Å². The van der Waals surface area contributed by atoms with Gasteiger partial charge in [0.1, 0.15) is 11.6 Å². The summed E-state index contributed by atoms with van der Waals surface area (Å²) in [6.45, 7) is 1.56. The van der Waals surface area contributed by atoms with Crippen molar-refractivity contribution in [3.8, 4) is 0 Å². The second-order valence-electron chi connectivity index (χ2n) is 5.63. The van der Waals surface area contributed by atoms with Gasteiger partial charge in [0.05, 0.1) is 0 Å². The van der Waals surface area contributed by atoms with Crippen LogP contribution in [0.15, 0.2) is 30.3 Å². The van der Waals surface area contributed by atoms with Crippen molar-refractivity contribution < 1.29 is 9.59 Å². The molecule has 102 valence electrons. The zero-order chi connectivity index (χ0) is 13.7. The average molecular weight is 258 g/mol. The quantitative estimate of drug-likeness (QED) is 0.802. The molecule has 2 nitrogen and oxygen atoms in total. The molecule has 0 unspecified atom stereocenters. The largest absolute Gasteiger partial charge is 0.300 e. The van der Waals surface area contributed by atoms with Gasteiger partial charge in [0.2, 0.25) is 0 Å². The number of benzene rings is 1. The van der Waals surface area contributed by atoms with Crippen LogP contribution in [0.5, 0.6) is 0 Å². The zero-order valence-electron chi connectivity index (χ0n) is 11.6. The molecule has 0 heterocycles. The molecule has 0 amide bonds. The van der Waals surface area contributed by atoms with Gasteiger partial charge in [0.15, 0.2) is 0 Å². The first-order valence-corrected chi connectivity index (χ1v) is 7.24. The molecule has 2 heteroatoms. The maximum absolute atomic E-state index is 12.0. The van der Waals surface area contributed by atoms with Crippen LogP contribution >= 0.6 is 0 Å². The van der Waals surface area contributed by atoms with Gasteiger partial charge in [-0.25, -0.2) is 0 Å². The summed E-state index contributed by atoms with van der Waals surface area (Å²) in [5.41, 5.74) is 1.40. The number of hydrogen-bond acceptors (Lipinski definition) is 2. The van der Waals surface area contributed by atoms with Gasteiger partial charge in [0.25, 0.3) is 0 Å². The van der Waals surface area contributed by atoms with Crippen LogP contribution in [-0.4, -0.2) is 11.6 Å². The minimum absolute atomic E-state index is 0.117. The molecule has 1 aromatic carbocycles. The third-order valence-corrected chi connectivity index (χ3v) is 4.18. The second kappa shape index (κ2) is 6.65. The lowest BCUT2D eigenvalue weighted by molar-refractivity contribution is -0.126. The van der Waals surface area contributed by atoms with Crippen molar-refractivity contribution in [1.82, 2.24) is 0 Å². The van der Waals surface area contributed by atoms with E-state index in [1.54, 1.807) is 6.92 Å². The van der Waals surface area contributed by atoms with E-state index in [0.29, 0.717) is 24.5 Å². The lowest BCUT2D eigenvalue weighted by atomic mass is 9.76. The Morgan fingerprint density at radius 3 is 2.21 bits per heavy atom. The van der Waals surface area contributed by atoms with Crippen LogP contribution in [-0.2, 0) is 9.59 Å². The van der Waals surface area contributed by atoms with Crippen LogP contribution in [0.1, 0.15) is 56.9 Å². The van der Waals surface area contributed by atoms with Gasteiger partial charge in [-0.15, -0.1) is 0 Å². The molecule has 0 aliphatic heterocycles. The third-order valence-electron chi connectivity index (χ3n) is 4.18. The van der Waals surface area contributed by atoms with E-state index >= 15 is 0 Å². The fourth-order valence-corrected chi connectivity index (χ4v) is 2.98. The summed E-state index contributed by atoms with van der Waals surface area (Å²) in [6, 6.07) is 10.6. The highest BCUT2D eigenvalue weighted by Crippen LogP contribution is 2.36. The third kappa shape index (κ3) is 4.02. The average Bonchev–Trinajstić information content (AvgIpc) is 2.46. The van der Waals surface area contributed by atoms with Gasteiger partial charge in [0, 0.05) is 18.8 Å². The summed E-state index contributed by atoms with van der Waals surface area (Å²) in [6.07, 6.45) is 5.01. The van der Waals surface area contributed by atoms with E-state index in [1.807, 2.05) is 6.07 Å². The maximum atomic E-state index is 12.0. The number of ketones is 2. The van der Waals surface area contributed by atoms with Crippen molar-refractivity contribution in [2.24, 2.45) is 5.92 Å². The zero-order valence-corrected chi connectivity index (χ0v) is 11.6. The predicted molar refractivity (Wildman–Crippen MR) is 76.1 cm³/mol. The molecule has 0 spiro atoms. The van der Waals surface area contributed by atoms with Crippen molar-refractivity contribution >= 4 is 11.6 Å². The maximum Gasteiger partial charge on any atom is 0.136 e. The SMILES string of the molecule is CC(=O)CCC(=O)[C@H]1CC[C@H](c2ccccc2)CC1. The van der Waals surface area contributed by atoms with Crippen LogP contribution in [0.2, 0.25) is 0 Å². The molecule has 0 aromatic heterocycles. The van der Waals surface area contributed by atoms with Crippen LogP contribution < -0.4 is 0 Å². The first-order valence-electron chi connectivity index (χ1n) is 7.24. The Bertz CT molecular complexity index is 428. The van der Waals surface area contributed by atoms with E-state index < -0.39 is 0 Å². The Morgan fingerprint density at radius 1 is 1.00 bits per heavy atom. The minimum atomic E-state index is 0.117. The smallest absolute Gasteiger partial charge is 0.136 e. The Morgan fingerprint density at radius 2 is 1.63 bits per heavy atom. The van der Waals surface area contributed by atoms with Crippen LogP contribution in [0.3, 0.4) is 0 Å². The van der Waals surface area contributed by atoms with Gasteiger partial charge in [-0.3, -0.25) is 4.79 Å². The summed E-state index contributed by atoms with van der Waals surface area (Å²) in [7, 11) is 0. The first-order chi connectivity index (χ1) is 9.16. The molecular weight excluding hydrogens is 236 g/mol. The molecule has 1 aliphatic rings. The molecule has 19 heavy (non-hydrogen) atoms. The number of carbonyl (C=O) groups excluding carboxylic acids is 2. The molecule has 1 aromatic rings. The van der Waals surface area contributed by atoms with E-state index in [2.05, 4.69) is 24.3 Å². The summed E-state index contributed by atoms with van der Waals surface area (Å²) < 4.78 is 0. The van der Waals surface area contributed by atoms with E-state index in [1.165, 1.54) is 5.56 Å². The van der Waals surface area contributed by atoms with Crippen molar-refractivity contribution in [1.29, 1.82) is 0 Å². The lowest BCUT2D eigenvalue weighted by Crippen LogP contribution is -2.21. The summed E-state index contributed by atoms with van der Waals surface area (Å²) in [5.74, 6) is 1.21. The van der Waals surface area contributed by atoms with Crippen molar-refractivity contribution in [2.45, 2.75) is 51.4 Å². The monoisotopic (exact) mass is 258 g/mol. The van der Waals surface area contributed by atoms with Gasteiger partial charge in [-0.1, -0.05) is 30.3 Å². The highest BCUT2D eigenvalue weighted by Gasteiger charge is 2.26. The lowest BCUT2D eigenvalue weighted by Gasteiger charge is -2.28. The summed E-state index contributed by atoms with van der Waals surface area (Å²) >= 11 is 0. The second-order valence-corrected chi connectivity index (χ2v) is 5.63. The first kappa shape index (κ1) is 14.0. The van der Waals surface area contributed by atoms with Crippen molar-refractivity contribution in [3.63, 3.8) is 0 Å². The Kier molecular flexibility index (Phi) is 4.89. The van der Waals surface area contributed by atoms with Gasteiger partial charge in [-0.2, -0.15) is 0 Å². The van der Waals surface area contributed by atoms with Crippen molar-refractivity contribution in [3.05, 3.63) is 35.9 Å². The van der Waals surface area contributed by atoms with E-state index in [0.717, 1.165) is 25.7 Å². The summed E-state index contributed by atoms with van der Waals surface area (Å²) in [5, 5.41) is 0. The number of carbonyl (C=O) groups is 2. The number of hydrogen-bond donors (Lipinski definition) is 0. The molecule has 1 aliphatic carbocycles. The predicted octanol–water partition coefficient (Wildman–Crippen LogP) is 3.90. The molecular formula is C17H22O2. The van der Waals surface area contributed by atoms with E-state index in [9.17, 15) is 9.59 Å². The Labute approximate surface area is 115 Å². The van der Waals surface area contributed by atoms with E-state index in [4.69, 9.17) is 0 Å². The fourth-order valence-electron chi connectivity index (χ4n) is 2.98. The number of rotatable bonds is 5. The molecule has 0 atom stereocenters. The van der Waals surface area contributed by atoms with E-state index in [-0.39, 0.29) is 11.7 Å². The van der Waals surface area contributed by atoms with Gasteiger partial charge in [-0.05, 0) is 44.1 Å². The molecule has 0 saturated heterocycles. The Hall–Kier alpha value is -1.44. The van der Waals surface area contributed by atoms with Crippen LogP contribution in [0.25, 0.3) is 0 Å². The van der Waals surface area contributed by atoms with Crippen LogP contribution in [0, 0.1) is 5.92 Å². The standard InChI is InChI=1S/C17H22O2/c1-13(18)7-12-17(19)16-10-8-15(9-11-16)14-5-3-2-4-6-14/h2-6,15-16H,7-12H2,1H3/t15-,16-. The summed E-state index contributed by atoms with van der Waals surface area (Å²) in [4.78, 5) is 22.9. The Balaban J connectivity index is 1.82. The molecule has 2 rings (SSSR count). The number of Topliss-reactive ketones (excluding diaryl/α,β-unsaturated/α-hetero) is 2. The van der Waals surface area contributed by atoms with Gasteiger partial charge >= 0.3 is 0 Å². The van der Waals surface area contributed by atoms with Crippen molar-refractivity contribution in [2.75, 3.05) is 0 Å². The van der Waals surface area contributed by atoms with Gasteiger partial charge < -0.3 is 4.79 Å². The highest BCUT2D eigenvalue weighted by atomic mass is 16.1. The normalized spacial score (nSPS) is 23.0.